The molecule has 1 amide bonds. The second-order valence-corrected chi connectivity index (χ2v) is 8.84. The van der Waals surface area contributed by atoms with Gasteiger partial charge in [0, 0.05) is 25.8 Å². The maximum atomic E-state index is 12.7. The van der Waals surface area contributed by atoms with Gasteiger partial charge in [-0.1, -0.05) is 18.2 Å². The molecule has 0 spiro atoms. The molecule has 0 aliphatic carbocycles. The predicted octanol–water partition coefficient (Wildman–Crippen LogP) is 2.88. The summed E-state index contributed by atoms with van der Waals surface area (Å²) >= 11 is 0. The van der Waals surface area contributed by atoms with Crippen molar-refractivity contribution in [3.63, 3.8) is 0 Å². The van der Waals surface area contributed by atoms with Crippen molar-refractivity contribution < 1.29 is 17.9 Å². The third kappa shape index (κ3) is 4.30. The number of amides is 1. The Balaban J connectivity index is 1.66. The number of carbonyl (C=O) groups excluding carboxylic acids is 1. The van der Waals surface area contributed by atoms with Crippen LogP contribution in [0.4, 0.5) is 0 Å². The van der Waals surface area contributed by atoms with E-state index in [0.717, 1.165) is 25.9 Å². The molecule has 1 atom stereocenters. The van der Waals surface area contributed by atoms with Crippen LogP contribution in [-0.4, -0.2) is 51.3 Å². The van der Waals surface area contributed by atoms with Gasteiger partial charge in [-0.2, -0.15) is 0 Å². The molecule has 136 valence electrons. The van der Waals surface area contributed by atoms with Crippen LogP contribution in [0.1, 0.15) is 48.0 Å². The summed E-state index contributed by atoms with van der Waals surface area (Å²) in [6, 6.07) is 6.92. The Morgan fingerprint density at radius 2 is 2.16 bits per heavy atom. The summed E-state index contributed by atoms with van der Waals surface area (Å²) in [5, 5.41) is 0. The lowest BCUT2D eigenvalue weighted by Gasteiger charge is -2.25. The first-order valence-corrected chi connectivity index (χ1v) is 10.5. The molecule has 0 radical (unpaired) electrons. The van der Waals surface area contributed by atoms with Gasteiger partial charge in [-0.25, -0.2) is 8.42 Å². The van der Waals surface area contributed by atoms with E-state index < -0.39 is 9.84 Å². The summed E-state index contributed by atoms with van der Waals surface area (Å²) in [5.74, 6) is 0.0654. The van der Waals surface area contributed by atoms with E-state index in [-0.39, 0.29) is 17.8 Å². The van der Waals surface area contributed by atoms with E-state index in [2.05, 4.69) is 0 Å². The molecule has 0 N–H and O–H groups in total. The Labute approximate surface area is 149 Å². The third-order valence-electron chi connectivity index (χ3n) is 4.85. The third-order valence-corrected chi connectivity index (χ3v) is 6.70. The molecule has 2 heterocycles. The van der Waals surface area contributed by atoms with Crippen molar-refractivity contribution in [2.24, 2.45) is 0 Å². The van der Waals surface area contributed by atoms with E-state index >= 15 is 0 Å². The lowest BCUT2D eigenvalue weighted by molar-refractivity contribution is 0.00709. The van der Waals surface area contributed by atoms with Crippen molar-refractivity contribution in [1.29, 1.82) is 0 Å². The summed E-state index contributed by atoms with van der Waals surface area (Å²) in [7, 11) is -1.43. The average Bonchev–Trinajstić information content (AvgIpc) is 2.99. The van der Waals surface area contributed by atoms with E-state index in [9.17, 15) is 13.2 Å². The van der Waals surface area contributed by atoms with Gasteiger partial charge in [0.2, 0.25) is 0 Å². The molecule has 3 rings (SSSR count). The van der Waals surface area contributed by atoms with Gasteiger partial charge in [0.15, 0.2) is 9.84 Å². The van der Waals surface area contributed by atoms with Crippen LogP contribution in [0.25, 0.3) is 4.91 Å². The maximum Gasteiger partial charge on any atom is 0.253 e. The number of rotatable bonds is 5. The second kappa shape index (κ2) is 7.70. The predicted molar refractivity (Wildman–Crippen MR) is 98.0 cm³/mol. The van der Waals surface area contributed by atoms with Crippen LogP contribution in [0, 0.1) is 0 Å². The number of hydrogen-bond acceptors (Lipinski definition) is 4. The van der Waals surface area contributed by atoms with Gasteiger partial charge in [-0.15, -0.1) is 0 Å². The first kappa shape index (κ1) is 18.1. The smallest absolute Gasteiger partial charge is 0.253 e. The molecular weight excluding hydrogens is 338 g/mol. The number of ether oxygens (including phenoxy) is 1. The van der Waals surface area contributed by atoms with Crippen molar-refractivity contribution in [3.8, 4) is 0 Å². The second-order valence-electron chi connectivity index (χ2n) is 6.76. The average molecular weight is 363 g/mol. The molecule has 0 saturated carbocycles. The van der Waals surface area contributed by atoms with Crippen molar-refractivity contribution in [2.75, 3.05) is 26.0 Å². The van der Waals surface area contributed by atoms with Crippen LogP contribution in [-0.2, 0) is 14.6 Å². The Kier molecular flexibility index (Phi) is 5.59. The van der Waals surface area contributed by atoms with Gasteiger partial charge in [0.25, 0.3) is 5.91 Å². The normalized spacial score (nSPS) is 22.4. The minimum absolute atomic E-state index is 0.0892. The fourth-order valence-corrected chi connectivity index (χ4v) is 4.89. The zero-order valence-electron chi connectivity index (χ0n) is 14.6. The summed E-state index contributed by atoms with van der Waals surface area (Å²) < 4.78 is 29.9. The highest BCUT2D eigenvalue weighted by Gasteiger charge is 2.25. The van der Waals surface area contributed by atoms with Gasteiger partial charge >= 0.3 is 0 Å². The Morgan fingerprint density at radius 1 is 1.32 bits per heavy atom. The van der Waals surface area contributed by atoms with Crippen LogP contribution in [0.3, 0.4) is 0 Å². The highest BCUT2D eigenvalue weighted by Crippen LogP contribution is 2.29. The molecule has 1 aromatic rings. The molecule has 1 fully saturated rings. The Morgan fingerprint density at radius 3 is 2.84 bits per heavy atom. The topological polar surface area (TPSA) is 63.7 Å². The monoisotopic (exact) mass is 363 g/mol. The molecule has 0 bridgehead atoms. The van der Waals surface area contributed by atoms with Gasteiger partial charge in [-0.3, -0.25) is 4.79 Å². The van der Waals surface area contributed by atoms with Crippen molar-refractivity contribution in [1.82, 2.24) is 4.90 Å². The van der Waals surface area contributed by atoms with Gasteiger partial charge in [0.05, 0.1) is 16.8 Å². The fraction of sp³-hybridized carbons (Fsp3) is 0.526. The molecule has 0 aromatic heterocycles. The van der Waals surface area contributed by atoms with Gasteiger partial charge < -0.3 is 9.64 Å². The minimum atomic E-state index is -3.21. The van der Waals surface area contributed by atoms with Crippen LogP contribution in [0.15, 0.2) is 30.3 Å². The van der Waals surface area contributed by atoms with Crippen molar-refractivity contribution >= 4 is 20.6 Å². The fourth-order valence-electron chi connectivity index (χ4n) is 3.38. The minimum Gasteiger partial charge on any atom is -0.378 e. The van der Waals surface area contributed by atoms with Crippen LogP contribution < -0.4 is 0 Å². The standard InChI is InChI=1S/C19H25NO4S/c1-20(11-10-17-8-2-3-12-24-17)19(21)16-7-4-6-15(14-16)18-9-5-13-25(18,22)23/h4,6-7,9,14,17H,2-3,5,8,10-13H2,1H3. The number of allylic oxidation sites excluding steroid dienone is 1. The summed E-state index contributed by atoms with van der Waals surface area (Å²) in [6.45, 7) is 1.45. The molecular formula is C19H25NO4S. The van der Waals surface area contributed by atoms with E-state index in [4.69, 9.17) is 4.74 Å². The first-order valence-electron chi connectivity index (χ1n) is 8.88. The molecule has 25 heavy (non-hydrogen) atoms. The Bertz CT molecular complexity index is 763. The van der Waals surface area contributed by atoms with E-state index in [1.165, 1.54) is 6.42 Å². The molecule has 2 aliphatic rings. The molecule has 1 saturated heterocycles. The van der Waals surface area contributed by atoms with Gasteiger partial charge in [0.1, 0.15) is 0 Å². The lowest BCUT2D eigenvalue weighted by atomic mass is 10.1. The summed E-state index contributed by atoms with van der Waals surface area (Å²) in [5.41, 5.74) is 1.12. The Hall–Kier alpha value is -1.66. The zero-order chi connectivity index (χ0) is 17.9. The highest BCUT2D eigenvalue weighted by atomic mass is 32.2. The maximum absolute atomic E-state index is 12.7. The molecule has 5 nitrogen and oxygen atoms in total. The number of sulfone groups is 1. The van der Waals surface area contributed by atoms with Crippen molar-refractivity contribution in [2.45, 2.75) is 38.2 Å². The number of carbonyl (C=O) groups is 1. The molecule has 1 unspecified atom stereocenters. The van der Waals surface area contributed by atoms with E-state index in [1.807, 2.05) is 0 Å². The highest BCUT2D eigenvalue weighted by molar-refractivity contribution is 8.00. The zero-order valence-corrected chi connectivity index (χ0v) is 15.4. The SMILES string of the molecule is CN(CCC1CCCCO1)C(=O)c1cccc(C2=CCCS2(=O)=O)c1. The summed E-state index contributed by atoms with van der Waals surface area (Å²) in [4.78, 5) is 14.7. The molecule has 6 heteroatoms. The number of nitrogens with zero attached hydrogens (tertiary/aromatic N) is 1. The van der Waals surface area contributed by atoms with Crippen LogP contribution in [0.5, 0.6) is 0 Å². The quantitative estimate of drug-likeness (QED) is 0.807. The largest absolute Gasteiger partial charge is 0.378 e. The van der Waals surface area contributed by atoms with Crippen LogP contribution >= 0.6 is 0 Å². The first-order chi connectivity index (χ1) is 12.0. The number of benzene rings is 1. The molecule has 1 aromatic carbocycles. The van der Waals surface area contributed by atoms with E-state index in [0.29, 0.717) is 29.0 Å². The van der Waals surface area contributed by atoms with E-state index in [1.54, 1.807) is 42.3 Å². The van der Waals surface area contributed by atoms with Gasteiger partial charge in [-0.05, 0) is 49.8 Å². The lowest BCUT2D eigenvalue weighted by Crippen LogP contribution is -2.31. The summed E-state index contributed by atoms with van der Waals surface area (Å²) in [6.07, 6.45) is 6.72. The van der Waals surface area contributed by atoms with Crippen molar-refractivity contribution in [3.05, 3.63) is 41.5 Å². The van der Waals surface area contributed by atoms with Crippen LogP contribution in [0.2, 0.25) is 0 Å². The molecule has 2 aliphatic heterocycles. The number of hydrogen-bond donors (Lipinski definition) is 0.